The summed E-state index contributed by atoms with van der Waals surface area (Å²) in [4.78, 5) is 27.7. The highest BCUT2D eigenvalue weighted by Gasteiger charge is 2.31. The summed E-state index contributed by atoms with van der Waals surface area (Å²) in [5.74, 6) is -0.745. The lowest BCUT2D eigenvalue weighted by Crippen LogP contribution is -2.55. The quantitative estimate of drug-likeness (QED) is 0.529. The second-order valence-corrected chi connectivity index (χ2v) is 11.8. The van der Waals surface area contributed by atoms with Crippen molar-refractivity contribution < 1.29 is 18.0 Å². The molecule has 1 atom stereocenters. The molecule has 0 bridgehead atoms. The SMILES string of the molecule is CC(C(=O)NC(C)(C)C)N(CCc1ccccc1)C(=O)CN(c1cccc(Br)c1)S(C)(=O)=O. The van der Waals surface area contributed by atoms with Gasteiger partial charge in [-0.15, -0.1) is 0 Å². The second kappa shape index (κ2) is 11.2. The standard InChI is InChI=1S/C24H32BrN3O4S/c1-18(23(30)26-24(2,3)4)27(15-14-19-10-7-6-8-11-19)22(29)17-28(33(5,31)32)21-13-9-12-20(25)16-21/h6-13,16,18H,14-15,17H2,1-5H3,(H,26,30). The third-order valence-electron chi connectivity index (χ3n) is 4.93. The van der Waals surface area contributed by atoms with E-state index in [-0.39, 0.29) is 12.5 Å². The Bertz CT molecular complexity index is 1070. The second-order valence-electron chi connectivity index (χ2n) is 8.99. The first-order chi connectivity index (χ1) is 15.3. The molecule has 0 spiro atoms. The van der Waals surface area contributed by atoms with E-state index in [4.69, 9.17) is 0 Å². The number of hydrogen-bond donors (Lipinski definition) is 1. The van der Waals surface area contributed by atoms with Crippen molar-refractivity contribution >= 4 is 43.5 Å². The van der Waals surface area contributed by atoms with Crippen LogP contribution >= 0.6 is 15.9 Å². The normalized spacial score (nSPS) is 12.7. The maximum Gasteiger partial charge on any atom is 0.244 e. The van der Waals surface area contributed by atoms with Gasteiger partial charge in [0.05, 0.1) is 11.9 Å². The van der Waals surface area contributed by atoms with E-state index in [0.29, 0.717) is 16.6 Å². The average molecular weight is 539 g/mol. The number of benzene rings is 2. The summed E-state index contributed by atoms with van der Waals surface area (Å²) in [7, 11) is -3.74. The van der Waals surface area contributed by atoms with E-state index in [0.717, 1.165) is 16.1 Å². The highest BCUT2D eigenvalue weighted by molar-refractivity contribution is 9.10. The van der Waals surface area contributed by atoms with Gasteiger partial charge in [0, 0.05) is 16.6 Å². The molecule has 0 saturated heterocycles. The number of nitrogens with zero attached hydrogens (tertiary/aromatic N) is 2. The number of sulfonamides is 1. The van der Waals surface area contributed by atoms with Gasteiger partial charge in [-0.3, -0.25) is 13.9 Å². The van der Waals surface area contributed by atoms with Crippen LogP contribution in [0.15, 0.2) is 59.1 Å². The van der Waals surface area contributed by atoms with Crippen molar-refractivity contribution in [1.82, 2.24) is 10.2 Å². The first-order valence-electron chi connectivity index (χ1n) is 10.7. The van der Waals surface area contributed by atoms with E-state index in [1.54, 1.807) is 31.2 Å². The van der Waals surface area contributed by atoms with E-state index in [2.05, 4.69) is 21.2 Å². The van der Waals surface area contributed by atoms with Gasteiger partial charge in [0.1, 0.15) is 12.6 Å². The Hall–Kier alpha value is -2.39. The molecule has 0 fully saturated rings. The van der Waals surface area contributed by atoms with Gasteiger partial charge in [-0.2, -0.15) is 0 Å². The summed E-state index contributed by atoms with van der Waals surface area (Å²) in [5, 5.41) is 2.90. The van der Waals surface area contributed by atoms with Crippen LogP contribution in [-0.2, 0) is 26.0 Å². The Morgan fingerprint density at radius 1 is 1.06 bits per heavy atom. The molecule has 2 aromatic carbocycles. The van der Waals surface area contributed by atoms with E-state index >= 15 is 0 Å². The number of anilines is 1. The smallest absolute Gasteiger partial charge is 0.244 e. The molecular weight excluding hydrogens is 506 g/mol. The Morgan fingerprint density at radius 3 is 2.24 bits per heavy atom. The summed E-state index contributed by atoms with van der Waals surface area (Å²) >= 11 is 3.34. The third-order valence-corrected chi connectivity index (χ3v) is 6.56. The van der Waals surface area contributed by atoms with Gasteiger partial charge < -0.3 is 10.2 Å². The monoisotopic (exact) mass is 537 g/mol. The molecule has 0 aromatic heterocycles. The van der Waals surface area contributed by atoms with Gasteiger partial charge in [0.25, 0.3) is 0 Å². The first kappa shape index (κ1) is 26.9. The topological polar surface area (TPSA) is 86.8 Å². The number of carbonyl (C=O) groups is 2. The van der Waals surface area contributed by atoms with Crippen LogP contribution in [-0.4, -0.2) is 56.1 Å². The van der Waals surface area contributed by atoms with Crippen molar-refractivity contribution in [3.05, 3.63) is 64.6 Å². The minimum absolute atomic E-state index is 0.275. The van der Waals surface area contributed by atoms with Gasteiger partial charge in [-0.1, -0.05) is 52.3 Å². The predicted octanol–water partition coefficient (Wildman–Crippen LogP) is 3.59. The maximum absolute atomic E-state index is 13.4. The molecule has 7 nitrogen and oxygen atoms in total. The number of hydrogen-bond acceptors (Lipinski definition) is 4. The van der Waals surface area contributed by atoms with Crippen LogP contribution in [0.5, 0.6) is 0 Å². The van der Waals surface area contributed by atoms with E-state index in [1.165, 1.54) is 4.90 Å². The number of carbonyl (C=O) groups excluding carboxylic acids is 2. The highest BCUT2D eigenvalue weighted by atomic mass is 79.9. The fourth-order valence-corrected chi connectivity index (χ4v) is 4.52. The Kier molecular flexibility index (Phi) is 9.08. The van der Waals surface area contributed by atoms with Crippen molar-refractivity contribution in [2.75, 3.05) is 23.7 Å². The summed E-state index contributed by atoms with van der Waals surface area (Å²) in [6.07, 6.45) is 1.60. The van der Waals surface area contributed by atoms with E-state index in [9.17, 15) is 18.0 Å². The fourth-order valence-electron chi connectivity index (χ4n) is 3.29. The molecule has 33 heavy (non-hydrogen) atoms. The number of rotatable bonds is 9. The highest BCUT2D eigenvalue weighted by Crippen LogP contribution is 2.22. The van der Waals surface area contributed by atoms with Gasteiger partial charge in [-0.05, 0) is 57.9 Å². The van der Waals surface area contributed by atoms with Crippen LogP contribution in [0.1, 0.15) is 33.3 Å². The summed E-state index contributed by atoms with van der Waals surface area (Å²) in [6.45, 7) is 7.13. The molecule has 180 valence electrons. The molecule has 9 heteroatoms. The van der Waals surface area contributed by atoms with Crippen LogP contribution < -0.4 is 9.62 Å². The minimum atomic E-state index is -3.74. The lowest BCUT2D eigenvalue weighted by Gasteiger charge is -2.33. The van der Waals surface area contributed by atoms with Crippen LogP contribution in [0, 0.1) is 0 Å². The first-order valence-corrected chi connectivity index (χ1v) is 13.3. The van der Waals surface area contributed by atoms with Crippen LogP contribution in [0.4, 0.5) is 5.69 Å². The minimum Gasteiger partial charge on any atom is -0.350 e. The Morgan fingerprint density at radius 2 is 1.70 bits per heavy atom. The molecule has 0 aliphatic carbocycles. The van der Waals surface area contributed by atoms with Crippen LogP contribution in [0.2, 0.25) is 0 Å². The number of amides is 2. The molecule has 0 aliphatic heterocycles. The van der Waals surface area contributed by atoms with Crippen molar-refractivity contribution in [3.8, 4) is 0 Å². The molecule has 2 amide bonds. The summed E-state index contributed by atoms with van der Waals surface area (Å²) < 4.78 is 26.8. The molecule has 1 N–H and O–H groups in total. The van der Waals surface area contributed by atoms with Gasteiger partial charge >= 0.3 is 0 Å². The molecule has 0 heterocycles. The van der Waals surface area contributed by atoms with E-state index < -0.39 is 34.1 Å². The summed E-state index contributed by atoms with van der Waals surface area (Å²) in [6, 6.07) is 15.6. The van der Waals surface area contributed by atoms with Crippen molar-refractivity contribution in [1.29, 1.82) is 0 Å². The third kappa shape index (κ3) is 8.47. The molecule has 0 aliphatic rings. The molecule has 0 radical (unpaired) electrons. The Labute approximate surface area is 205 Å². The average Bonchev–Trinajstić information content (AvgIpc) is 2.70. The van der Waals surface area contributed by atoms with Gasteiger partial charge in [0.15, 0.2) is 0 Å². The zero-order valence-electron chi connectivity index (χ0n) is 19.7. The van der Waals surface area contributed by atoms with Crippen molar-refractivity contribution in [2.45, 2.75) is 45.7 Å². The zero-order valence-corrected chi connectivity index (χ0v) is 22.1. The lowest BCUT2D eigenvalue weighted by molar-refractivity contribution is -0.139. The van der Waals surface area contributed by atoms with Gasteiger partial charge in [0.2, 0.25) is 21.8 Å². The molecule has 2 rings (SSSR count). The van der Waals surface area contributed by atoms with Crippen LogP contribution in [0.25, 0.3) is 0 Å². The van der Waals surface area contributed by atoms with Gasteiger partial charge in [-0.25, -0.2) is 8.42 Å². The molecular formula is C24H32BrN3O4S. The van der Waals surface area contributed by atoms with Crippen molar-refractivity contribution in [2.24, 2.45) is 0 Å². The van der Waals surface area contributed by atoms with E-state index in [1.807, 2.05) is 51.1 Å². The molecule has 1 unspecified atom stereocenters. The zero-order chi connectivity index (χ0) is 24.8. The maximum atomic E-state index is 13.4. The largest absolute Gasteiger partial charge is 0.350 e. The molecule has 0 saturated carbocycles. The fraction of sp³-hybridized carbons (Fsp3) is 0.417. The number of halogens is 1. The Balaban J connectivity index is 2.32. The number of nitrogens with one attached hydrogen (secondary N) is 1. The van der Waals surface area contributed by atoms with Crippen molar-refractivity contribution in [3.63, 3.8) is 0 Å². The summed E-state index contributed by atoms with van der Waals surface area (Å²) in [5.41, 5.74) is 0.926. The molecule has 2 aromatic rings. The lowest BCUT2D eigenvalue weighted by atomic mass is 10.1. The predicted molar refractivity (Wildman–Crippen MR) is 136 cm³/mol. The van der Waals surface area contributed by atoms with Crippen LogP contribution in [0.3, 0.4) is 0 Å².